The van der Waals surface area contributed by atoms with E-state index < -0.39 is 0 Å². The molecule has 0 spiro atoms. The van der Waals surface area contributed by atoms with E-state index in [1.807, 2.05) is 12.1 Å². The van der Waals surface area contributed by atoms with Gasteiger partial charge in [-0.2, -0.15) is 0 Å². The molecule has 3 nitrogen and oxygen atoms in total. The van der Waals surface area contributed by atoms with Crippen molar-refractivity contribution in [1.82, 2.24) is 0 Å². The van der Waals surface area contributed by atoms with Gasteiger partial charge in [-0.05, 0) is 44.5 Å². The van der Waals surface area contributed by atoms with E-state index in [1.165, 1.54) is 33.4 Å². The topological polar surface area (TPSA) is 19.6 Å². The average Bonchev–Trinajstić information content (AvgIpc) is 3.20. The number of furan rings is 1. The first-order chi connectivity index (χ1) is 12.6. The first-order valence-corrected chi connectivity index (χ1v) is 9.19. The van der Waals surface area contributed by atoms with E-state index in [0.717, 1.165) is 17.8 Å². The van der Waals surface area contributed by atoms with Crippen LogP contribution in [0, 0.1) is 6.92 Å². The second-order valence-electron chi connectivity index (χ2n) is 7.33. The number of aryl methyl sites for hydroxylation is 1. The van der Waals surface area contributed by atoms with Gasteiger partial charge in [0, 0.05) is 16.8 Å². The summed E-state index contributed by atoms with van der Waals surface area (Å²) < 4.78 is 6.33. The van der Waals surface area contributed by atoms with Crippen molar-refractivity contribution in [2.75, 3.05) is 16.5 Å². The number of hydrogen-bond acceptors (Lipinski definition) is 3. The molecular weight excluding hydrogens is 320 g/mol. The Morgan fingerprint density at radius 2 is 1.58 bits per heavy atom. The third kappa shape index (κ3) is 2.07. The van der Waals surface area contributed by atoms with Crippen LogP contribution in [0.3, 0.4) is 0 Å². The standard InChI is InChI=1S/C23H22N2O/c1-15(2)24-14-25(20-10-6-5-9-19(20)24)22-16(3)12-13-18-17-8-4-7-11-21(17)26-23(18)22/h4-13,15H,14H2,1-3H3. The fourth-order valence-corrected chi connectivity index (χ4v) is 4.08. The van der Waals surface area contributed by atoms with Crippen LogP contribution < -0.4 is 9.80 Å². The van der Waals surface area contributed by atoms with Crippen LogP contribution in [0.5, 0.6) is 0 Å². The highest BCUT2D eigenvalue weighted by Gasteiger charge is 2.30. The van der Waals surface area contributed by atoms with E-state index in [4.69, 9.17) is 4.42 Å². The Labute approximate surface area is 153 Å². The van der Waals surface area contributed by atoms with E-state index in [1.54, 1.807) is 0 Å². The van der Waals surface area contributed by atoms with Crippen LogP contribution in [0.15, 0.2) is 65.1 Å². The SMILES string of the molecule is Cc1ccc2c(oc3ccccc32)c1N1CN(C(C)C)c2ccccc21. The Balaban J connectivity index is 1.78. The maximum absolute atomic E-state index is 6.33. The van der Waals surface area contributed by atoms with Crippen molar-refractivity contribution in [3.63, 3.8) is 0 Å². The lowest BCUT2D eigenvalue weighted by Crippen LogP contribution is -2.33. The van der Waals surface area contributed by atoms with E-state index in [2.05, 4.69) is 79.1 Å². The highest BCUT2D eigenvalue weighted by Crippen LogP contribution is 2.46. The number of anilines is 3. The third-order valence-electron chi connectivity index (χ3n) is 5.39. The fourth-order valence-electron chi connectivity index (χ4n) is 4.08. The Morgan fingerprint density at radius 3 is 2.38 bits per heavy atom. The molecule has 0 N–H and O–H groups in total. The lowest BCUT2D eigenvalue weighted by Gasteiger charge is -2.26. The minimum Gasteiger partial charge on any atom is -0.454 e. The predicted molar refractivity (Wildman–Crippen MR) is 110 cm³/mol. The fraction of sp³-hybridized carbons (Fsp3) is 0.217. The lowest BCUT2D eigenvalue weighted by molar-refractivity contribution is 0.664. The van der Waals surface area contributed by atoms with Gasteiger partial charge in [0.25, 0.3) is 0 Å². The van der Waals surface area contributed by atoms with Crippen LogP contribution in [0.1, 0.15) is 19.4 Å². The first kappa shape index (κ1) is 15.3. The molecular formula is C23H22N2O. The Bertz CT molecular complexity index is 1130. The molecule has 3 aromatic carbocycles. The molecule has 2 heterocycles. The summed E-state index contributed by atoms with van der Waals surface area (Å²) in [5, 5.41) is 2.36. The number of benzene rings is 3. The van der Waals surface area contributed by atoms with Gasteiger partial charge < -0.3 is 14.2 Å². The van der Waals surface area contributed by atoms with Gasteiger partial charge in [-0.3, -0.25) is 0 Å². The third-order valence-corrected chi connectivity index (χ3v) is 5.39. The van der Waals surface area contributed by atoms with Crippen LogP contribution in [0.2, 0.25) is 0 Å². The van der Waals surface area contributed by atoms with Crippen LogP contribution in [0.25, 0.3) is 21.9 Å². The summed E-state index contributed by atoms with van der Waals surface area (Å²) in [5.74, 6) is 0. The van der Waals surface area contributed by atoms with Gasteiger partial charge in [-0.1, -0.05) is 42.5 Å². The highest BCUT2D eigenvalue weighted by atomic mass is 16.3. The molecule has 0 atom stereocenters. The quantitative estimate of drug-likeness (QED) is 0.431. The van der Waals surface area contributed by atoms with Gasteiger partial charge in [0.2, 0.25) is 0 Å². The zero-order valence-electron chi connectivity index (χ0n) is 15.4. The van der Waals surface area contributed by atoms with Crippen LogP contribution >= 0.6 is 0 Å². The van der Waals surface area contributed by atoms with E-state index in [9.17, 15) is 0 Å². The molecule has 0 amide bonds. The monoisotopic (exact) mass is 342 g/mol. The van der Waals surface area contributed by atoms with Crippen molar-refractivity contribution in [3.05, 3.63) is 66.2 Å². The zero-order valence-corrected chi connectivity index (χ0v) is 15.4. The first-order valence-electron chi connectivity index (χ1n) is 9.19. The maximum atomic E-state index is 6.33. The zero-order chi connectivity index (χ0) is 17.8. The second kappa shape index (κ2) is 5.53. The molecule has 0 saturated carbocycles. The van der Waals surface area contributed by atoms with Gasteiger partial charge in [0.05, 0.1) is 23.7 Å². The lowest BCUT2D eigenvalue weighted by atomic mass is 10.1. The number of rotatable bonds is 2. The van der Waals surface area contributed by atoms with Crippen molar-refractivity contribution in [1.29, 1.82) is 0 Å². The van der Waals surface area contributed by atoms with Gasteiger partial charge in [-0.25, -0.2) is 0 Å². The highest BCUT2D eigenvalue weighted by molar-refractivity contribution is 6.10. The van der Waals surface area contributed by atoms with E-state index >= 15 is 0 Å². The van der Waals surface area contributed by atoms with Gasteiger partial charge in [0.15, 0.2) is 5.58 Å². The molecule has 130 valence electrons. The van der Waals surface area contributed by atoms with Crippen LogP contribution in [-0.2, 0) is 0 Å². The number of hydrogen-bond donors (Lipinski definition) is 0. The average molecular weight is 342 g/mol. The van der Waals surface area contributed by atoms with Crippen molar-refractivity contribution in [3.8, 4) is 0 Å². The Morgan fingerprint density at radius 1 is 0.846 bits per heavy atom. The number of fused-ring (bicyclic) bond motifs is 4. The largest absolute Gasteiger partial charge is 0.454 e. The summed E-state index contributed by atoms with van der Waals surface area (Å²) in [5.41, 5.74) is 6.87. The van der Waals surface area contributed by atoms with Crippen LogP contribution in [0.4, 0.5) is 17.1 Å². The molecule has 0 bridgehead atoms. The minimum absolute atomic E-state index is 0.441. The van der Waals surface area contributed by atoms with Crippen molar-refractivity contribution >= 4 is 39.0 Å². The molecule has 5 rings (SSSR count). The Kier molecular flexibility index (Phi) is 3.26. The summed E-state index contributed by atoms with van der Waals surface area (Å²) in [6.45, 7) is 7.50. The number of nitrogens with zero attached hydrogens (tertiary/aromatic N) is 2. The maximum Gasteiger partial charge on any atom is 0.159 e. The molecule has 0 saturated heterocycles. The van der Waals surface area contributed by atoms with Crippen molar-refractivity contribution in [2.24, 2.45) is 0 Å². The van der Waals surface area contributed by atoms with E-state index in [0.29, 0.717) is 6.04 Å². The molecule has 3 heteroatoms. The van der Waals surface area contributed by atoms with Crippen LogP contribution in [-0.4, -0.2) is 12.7 Å². The molecule has 1 aliphatic heterocycles. The molecule has 4 aromatic rings. The second-order valence-corrected chi connectivity index (χ2v) is 7.33. The summed E-state index contributed by atoms with van der Waals surface area (Å²) in [6.07, 6.45) is 0. The van der Waals surface area contributed by atoms with Crippen molar-refractivity contribution < 1.29 is 4.42 Å². The molecule has 0 fully saturated rings. The van der Waals surface area contributed by atoms with Gasteiger partial charge in [0.1, 0.15) is 5.58 Å². The number of para-hydroxylation sites is 3. The van der Waals surface area contributed by atoms with Gasteiger partial charge in [-0.15, -0.1) is 0 Å². The molecule has 0 unspecified atom stereocenters. The van der Waals surface area contributed by atoms with E-state index in [-0.39, 0.29) is 0 Å². The molecule has 26 heavy (non-hydrogen) atoms. The summed E-state index contributed by atoms with van der Waals surface area (Å²) in [4.78, 5) is 4.84. The minimum atomic E-state index is 0.441. The summed E-state index contributed by atoms with van der Waals surface area (Å²) >= 11 is 0. The van der Waals surface area contributed by atoms with Crippen molar-refractivity contribution in [2.45, 2.75) is 26.8 Å². The smallest absolute Gasteiger partial charge is 0.159 e. The normalized spacial score (nSPS) is 14.0. The Hall–Kier alpha value is -2.94. The molecule has 0 radical (unpaired) electrons. The molecule has 1 aliphatic rings. The summed E-state index contributed by atoms with van der Waals surface area (Å²) in [7, 11) is 0. The molecule has 1 aromatic heterocycles. The summed E-state index contributed by atoms with van der Waals surface area (Å²) in [6, 6.07) is 21.8. The molecule has 0 aliphatic carbocycles. The predicted octanol–water partition coefficient (Wildman–Crippen LogP) is 6.22. The van der Waals surface area contributed by atoms with Gasteiger partial charge >= 0.3 is 0 Å².